The molecule has 118 valence electrons. The van der Waals surface area contributed by atoms with Gasteiger partial charge in [-0.1, -0.05) is 12.1 Å². The number of nitrogens with zero attached hydrogens (tertiary/aromatic N) is 1. The van der Waals surface area contributed by atoms with Crippen molar-refractivity contribution >= 4 is 22.6 Å². The topological polar surface area (TPSA) is 57.8 Å². The monoisotopic (exact) mass is 319 g/mol. The first-order valence-electron chi connectivity index (χ1n) is 6.78. The molecule has 23 heavy (non-hydrogen) atoms. The number of rotatable bonds is 2. The van der Waals surface area contributed by atoms with E-state index in [1.54, 1.807) is 25.1 Å². The van der Waals surface area contributed by atoms with Gasteiger partial charge in [-0.3, -0.25) is 4.79 Å². The predicted octanol–water partition coefficient (Wildman–Crippen LogP) is 4.14. The minimum Gasteiger partial charge on any atom is -0.342 e. The highest BCUT2D eigenvalue weighted by molar-refractivity contribution is 6.11. The van der Waals surface area contributed by atoms with E-state index < -0.39 is 17.6 Å². The van der Waals surface area contributed by atoms with Crippen LogP contribution in [-0.2, 0) is 6.18 Å². The minimum absolute atomic E-state index is 0.0779. The van der Waals surface area contributed by atoms with Gasteiger partial charge in [0, 0.05) is 5.69 Å². The Labute approximate surface area is 129 Å². The molecule has 1 aromatic heterocycles. The fraction of sp³-hybridized carbons (Fsp3) is 0.125. The fourth-order valence-electron chi connectivity index (χ4n) is 2.31. The van der Waals surface area contributed by atoms with Gasteiger partial charge in [-0.25, -0.2) is 4.98 Å². The van der Waals surface area contributed by atoms with Gasteiger partial charge in [-0.05, 0) is 37.3 Å². The quantitative estimate of drug-likeness (QED) is 0.746. The summed E-state index contributed by atoms with van der Waals surface area (Å²) in [5.74, 6) is 0.140. The van der Waals surface area contributed by atoms with Crippen LogP contribution in [0.1, 0.15) is 21.7 Å². The third kappa shape index (κ3) is 3.03. The van der Waals surface area contributed by atoms with Crippen molar-refractivity contribution in [3.05, 3.63) is 59.4 Å². The Morgan fingerprint density at radius 3 is 2.65 bits per heavy atom. The van der Waals surface area contributed by atoms with E-state index in [4.69, 9.17) is 0 Å². The number of anilines is 1. The van der Waals surface area contributed by atoms with Gasteiger partial charge in [0.2, 0.25) is 0 Å². The first-order chi connectivity index (χ1) is 10.8. The Hall–Kier alpha value is -2.83. The molecule has 0 aliphatic heterocycles. The number of alkyl halides is 3. The van der Waals surface area contributed by atoms with Crippen LogP contribution in [0.3, 0.4) is 0 Å². The number of hydrogen-bond acceptors (Lipinski definition) is 2. The van der Waals surface area contributed by atoms with Gasteiger partial charge in [0.05, 0.1) is 16.6 Å². The van der Waals surface area contributed by atoms with Crippen LogP contribution in [0.25, 0.3) is 11.0 Å². The largest absolute Gasteiger partial charge is 0.416 e. The zero-order valence-corrected chi connectivity index (χ0v) is 12.0. The molecule has 1 heterocycles. The summed E-state index contributed by atoms with van der Waals surface area (Å²) < 4.78 is 38.1. The molecule has 0 spiro atoms. The molecule has 0 unspecified atom stereocenters. The number of carbonyl (C=O) groups is 1. The van der Waals surface area contributed by atoms with Crippen LogP contribution in [0.4, 0.5) is 18.9 Å². The van der Waals surface area contributed by atoms with Gasteiger partial charge in [0.15, 0.2) is 0 Å². The third-order valence-electron chi connectivity index (χ3n) is 3.32. The zero-order chi connectivity index (χ0) is 16.6. The van der Waals surface area contributed by atoms with Gasteiger partial charge in [0.1, 0.15) is 11.3 Å². The molecule has 4 nitrogen and oxygen atoms in total. The van der Waals surface area contributed by atoms with Crippen molar-refractivity contribution in [3.63, 3.8) is 0 Å². The van der Waals surface area contributed by atoms with E-state index in [1.165, 1.54) is 12.1 Å². The maximum absolute atomic E-state index is 12.7. The number of hydrogen-bond donors (Lipinski definition) is 2. The summed E-state index contributed by atoms with van der Waals surface area (Å²) in [6.07, 6.45) is -4.46. The molecule has 0 saturated heterocycles. The summed E-state index contributed by atoms with van der Waals surface area (Å²) in [6.45, 7) is 1.76. The van der Waals surface area contributed by atoms with Crippen molar-refractivity contribution in [3.8, 4) is 0 Å². The number of carbonyl (C=O) groups excluding carboxylic acids is 1. The number of aromatic nitrogens is 2. The predicted molar refractivity (Wildman–Crippen MR) is 80.2 cm³/mol. The summed E-state index contributed by atoms with van der Waals surface area (Å²) in [5, 5.41) is 2.48. The number of imidazole rings is 1. The molecule has 1 amide bonds. The smallest absolute Gasteiger partial charge is 0.342 e. The van der Waals surface area contributed by atoms with Crippen LogP contribution in [0.5, 0.6) is 0 Å². The SMILES string of the molecule is Cc1nc2c(C(=O)Nc3cccc(C(F)(F)F)c3)cccc2[nH]1. The zero-order valence-electron chi connectivity index (χ0n) is 12.0. The molecule has 0 aliphatic carbocycles. The van der Waals surface area contributed by atoms with Crippen molar-refractivity contribution in [2.75, 3.05) is 5.32 Å². The van der Waals surface area contributed by atoms with Gasteiger partial charge < -0.3 is 10.3 Å². The van der Waals surface area contributed by atoms with Gasteiger partial charge in [-0.15, -0.1) is 0 Å². The molecule has 0 fully saturated rings. The third-order valence-corrected chi connectivity index (χ3v) is 3.32. The molecule has 0 bridgehead atoms. The minimum atomic E-state index is -4.46. The molecule has 0 atom stereocenters. The van der Waals surface area contributed by atoms with E-state index in [-0.39, 0.29) is 5.69 Å². The Kier molecular flexibility index (Phi) is 3.55. The number of fused-ring (bicyclic) bond motifs is 1. The van der Waals surface area contributed by atoms with E-state index in [0.717, 1.165) is 12.1 Å². The number of para-hydroxylation sites is 1. The standard InChI is InChI=1S/C16H12F3N3O/c1-9-20-13-7-3-6-12(14(13)21-9)15(23)22-11-5-2-4-10(8-11)16(17,18)19/h2-8H,1H3,(H,20,21)(H,22,23). The highest BCUT2D eigenvalue weighted by atomic mass is 19.4. The van der Waals surface area contributed by atoms with Crippen molar-refractivity contribution in [1.82, 2.24) is 9.97 Å². The molecule has 7 heteroatoms. The number of H-pyrrole nitrogens is 1. The number of aromatic amines is 1. The van der Waals surface area contributed by atoms with Crippen molar-refractivity contribution < 1.29 is 18.0 Å². The Bertz CT molecular complexity index is 884. The second kappa shape index (κ2) is 5.42. The summed E-state index contributed by atoms with van der Waals surface area (Å²) in [7, 11) is 0. The summed E-state index contributed by atoms with van der Waals surface area (Å²) in [4.78, 5) is 19.6. The Morgan fingerprint density at radius 1 is 1.17 bits per heavy atom. The van der Waals surface area contributed by atoms with Gasteiger partial charge in [0.25, 0.3) is 5.91 Å². The van der Waals surface area contributed by atoms with Crippen molar-refractivity contribution in [1.29, 1.82) is 0 Å². The molecule has 3 aromatic rings. The molecule has 0 saturated carbocycles. The maximum Gasteiger partial charge on any atom is 0.416 e. The lowest BCUT2D eigenvalue weighted by atomic mass is 10.1. The maximum atomic E-state index is 12.7. The average molecular weight is 319 g/mol. The second-order valence-corrected chi connectivity index (χ2v) is 5.06. The molecule has 3 rings (SSSR count). The van der Waals surface area contributed by atoms with E-state index in [0.29, 0.717) is 22.4 Å². The number of halogens is 3. The highest BCUT2D eigenvalue weighted by Gasteiger charge is 2.30. The van der Waals surface area contributed by atoms with Crippen LogP contribution in [-0.4, -0.2) is 15.9 Å². The number of nitrogens with one attached hydrogen (secondary N) is 2. The Morgan fingerprint density at radius 2 is 1.91 bits per heavy atom. The van der Waals surface area contributed by atoms with Crippen molar-refractivity contribution in [2.45, 2.75) is 13.1 Å². The molecular formula is C16H12F3N3O. The van der Waals surface area contributed by atoms with Crippen LogP contribution in [0.2, 0.25) is 0 Å². The normalized spacial score (nSPS) is 11.7. The molecule has 2 aromatic carbocycles. The summed E-state index contributed by atoms with van der Waals surface area (Å²) >= 11 is 0. The second-order valence-electron chi connectivity index (χ2n) is 5.06. The van der Waals surface area contributed by atoms with E-state index in [1.807, 2.05) is 0 Å². The molecule has 0 aliphatic rings. The van der Waals surface area contributed by atoms with E-state index in [2.05, 4.69) is 15.3 Å². The Balaban J connectivity index is 1.92. The molecular weight excluding hydrogens is 307 g/mol. The van der Waals surface area contributed by atoms with Crippen LogP contribution < -0.4 is 5.32 Å². The molecule has 2 N–H and O–H groups in total. The first kappa shape index (κ1) is 15.1. The van der Waals surface area contributed by atoms with E-state index in [9.17, 15) is 18.0 Å². The lowest BCUT2D eigenvalue weighted by molar-refractivity contribution is -0.137. The summed E-state index contributed by atoms with van der Waals surface area (Å²) in [6, 6.07) is 9.53. The fourth-order valence-corrected chi connectivity index (χ4v) is 2.31. The lowest BCUT2D eigenvalue weighted by Gasteiger charge is -2.10. The first-order valence-corrected chi connectivity index (χ1v) is 6.78. The highest BCUT2D eigenvalue weighted by Crippen LogP contribution is 2.30. The van der Waals surface area contributed by atoms with Gasteiger partial charge >= 0.3 is 6.18 Å². The van der Waals surface area contributed by atoms with Gasteiger partial charge in [-0.2, -0.15) is 13.2 Å². The number of benzene rings is 2. The van der Waals surface area contributed by atoms with E-state index >= 15 is 0 Å². The lowest BCUT2D eigenvalue weighted by Crippen LogP contribution is -2.13. The summed E-state index contributed by atoms with van der Waals surface area (Å²) in [5.41, 5.74) is 0.733. The average Bonchev–Trinajstić information content (AvgIpc) is 2.86. The van der Waals surface area contributed by atoms with Crippen molar-refractivity contribution in [2.24, 2.45) is 0 Å². The molecule has 0 radical (unpaired) electrons. The number of amides is 1. The van der Waals surface area contributed by atoms with Crippen LogP contribution >= 0.6 is 0 Å². The van der Waals surface area contributed by atoms with Crippen LogP contribution in [0.15, 0.2) is 42.5 Å². The van der Waals surface area contributed by atoms with Crippen LogP contribution in [0, 0.1) is 6.92 Å². The number of aryl methyl sites for hydroxylation is 1.